The number of pyridine rings is 1. The van der Waals surface area contributed by atoms with Gasteiger partial charge in [0.05, 0.1) is 11.2 Å². The molecule has 0 aliphatic carbocycles. The van der Waals surface area contributed by atoms with E-state index in [4.69, 9.17) is 5.73 Å². The quantitative estimate of drug-likeness (QED) is 0.677. The molecule has 1 atom stereocenters. The molecule has 2 aromatic carbocycles. The van der Waals surface area contributed by atoms with Gasteiger partial charge in [-0.1, -0.05) is 30.3 Å². The summed E-state index contributed by atoms with van der Waals surface area (Å²) in [6.07, 6.45) is -2.45. The van der Waals surface area contributed by atoms with Crippen molar-refractivity contribution in [2.75, 3.05) is 5.73 Å². The van der Waals surface area contributed by atoms with Gasteiger partial charge in [-0.25, -0.2) is 0 Å². The smallest absolute Gasteiger partial charge is 0.399 e. The normalized spacial score (nSPS) is 19.9. The van der Waals surface area contributed by atoms with Crippen LogP contribution in [0.2, 0.25) is 0 Å². The first-order valence-corrected chi connectivity index (χ1v) is 8.29. The molecular formula is C20H15F3N4. The Morgan fingerprint density at radius 3 is 2.48 bits per heavy atom. The molecule has 136 valence electrons. The number of fused-ring (bicyclic) bond motifs is 1. The van der Waals surface area contributed by atoms with Crippen molar-refractivity contribution in [3.8, 4) is 0 Å². The van der Waals surface area contributed by atoms with Gasteiger partial charge in [0, 0.05) is 29.9 Å². The summed E-state index contributed by atoms with van der Waals surface area (Å²) in [6.45, 7) is 0. The molecule has 2 heterocycles. The number of benzene rings is 2. The molecule has 1 aliphatic heterocycles. The SMILES string of the molecule is Nc1ccc(C2=NN=C[C@@](c3cccc4ncccc34)(C(F)(F)F)C2)cc1. The maximum atomic E-state index is 14.4. The minimum Gasteiger partial charge on any atom is -0.399 e. The molecule has 0 bridgehead atoms. The van der Waals surface area contributed by atoms with E-state index in [0.717, 1.165) is 6.21 Å². The minimum atomic E-state index is -4.56. The number of hydrogen-bond donors (Lipinski definition) is 1. The van der Waals surface area contributed by atoms with Crippen LogP contribution in [0.5, 0.6) is 0 Å². The average molecular weight is 368 g/mol. The van der Waals surface area contributed by atoms with Crippen LogP contribution in [0.15, 0.2) is 71.0 Å². The van der Waals surface area contributed by atoms with E-state index in [1.165, 1.54) is 6.07 Å². The fraction of sp³-hybridized carbons (Fsp3) is 0.150. The highest BCUT2D eigenvalue weighted by atomic mass is 19.4. The van der Waals surface area contributed by atoms with E-state index in [1.54, 1.807) is 54.7 Å². The zero-order valence-electron chi connectivity index (χ0n) is 14.1. The molecule has 27 heavy (non-hydrogen) atoms. The lowest BCUT2D eigenvalue weighted by Crippen LogP contribution is -2.47. The minimum absolute atomic E-state index is 0.118. The van der Waals surface area contributed by atoms with E-state index in [0.29, 0.717) is 22.2 Å². The number of nitrogen functional groups attached to an aromatic ring is 1. The van der Waals surface area contributed by atoms with Crippen LogP contribution in [0.3, 0.4) is 0 Å². The van der Waals surface area contributed by atoms with E-state index >= 15 is 0 Å². The van der Waals surface area contributed by atoms with Gasteiger partial charge < -0.3 is 5.73 Å². The van der Waals surface area contributed by atoms with Crippen molar-refractivity contribution >= 4 is 28.5 Å². The van der Waals surface area contributed by atoms with Crippen LogP contribution < -0.4 is 5.73 Å². The Labute approximate surface area is 153 Å². The molecule has 4 rings (SSSR count). The van der Waals surface area contributed by atoms with Crippen LogP contribution in [-0.4, -0.2) is 23.1 Å². The third-order valence-electron chi connectivity index (χ3n) is 4.78. The van der Waals surface area contributed by atoms with Gasteiger partial charge in [-0.05, 0) is 35.4 Å². The second-order valence-corrected chi connectivity index (χ2v) is 6.43. The number of alkyl halides is 3. The summed E-state index contributed by atoms with van der Waals surface area (Å²) in [5.74, 6) is 0. The Morgan fingerprint density at radius 2 is 1.74 bits per heavy atom. The second kappa shape index (κ2) is 6.19. The monoisotopic (exact) mass is 368 g/mol. The summed E-state index contributed by atoms with van der Waals surface area (Å²) in [5.41, 5.74) is 5.36. The molecule has 4 nitrogen and oxygen atoms in total. The van der Waals surface area contributed by atoms with Crippen molar-refractivity contribution in [1.29, 1.82) is 0 Å². The number of rotatable bonds is 2. The van der Waals surface area contributed by atoms with Crippen LogP contribution in [0, 0.1) is 0 Å². The summed E-state index contributed by atoms with van der Waals surface area (Å²) in [6, 6.07) is 14.6. The Hall–Kier alpha value is -3.22. The van der Waals surface area contributed by atoms with Crippen molar-refractivity contribution in [3.05, 3.63) is 71.9 Å². The second-order valence-electron chi connectivity index (χ2n) is 6.43. The summed E-state index contributed by atoms with van der Waals surface area (Å²) >= 11 is 0. The van der Waals surface area contributed by atoms with Crippen molar-refractivity contribution in [3.63, 3.8) is 0 Å². The Bertz CT molecular complexity index is 1050. The number of anilines is 1. The number of halogens is 3. The Balaban J connectivity index is 1.89. The summed E-state index contributed by atoms with van der Waals surface area (Å²) in [4.78, 5) is 4.18. The van der Waals surface area contributed by atoms with Gasteiger partial charge in [0.2, 0.25) is 0 Å². The first-order valence-electron chi connectivity index (χ1n) is 8.29. The predicted octanol–water partition coefficient (Wildman–Crippen LogP) is 4.50. The van der Waals surface area contributed by atoms with E-state index in [-0.39, 0.29) is 17.7 Å². The molecule has 0 fully saturated rings. The number of nitrogens with two attached hydrogens (primary N) is 1. The Kier molecular flexibility index (Phi) is 3.95. The van der Waals surface area contributed by atoms with Gasteiger partial charge in [0.15, 0.2) is 0 Å². The highest BCUT2D eigenvalue weighted by Gasteiger charge is 2.57. The van der Waals surface area contributed by atoms with Gasteiger partial charge in [-0.3, -0.25) is 4.98 Å². The lowest BCUT2D eigenvalue weighted by Gasteiger charge is -2.35. The van der Waals surface area contributed by atoms with Crippen LogP contribution in [0.4, 0.5) is 18.9 Å². The third-order valence-corrected chi connectivity index (χ3v) is 4.78. The van der Waals surface area contributed by atoms with E-state index < -0.39 is 11.6 Å². The lowest BCUT2D eigenvalue weighted by atomic mass is 9.73. The first kappa shape index (κ1) is 17.2. The van der Waals surface area contributed by atoms with Gasteiger partial charge >= 0.3 is 6.18 Å². The van der Waals surface area contributed by atoms with Gasteiger partial charge in [0.1, 0.15) is 5.41 Å². The largest absolute Gasteiger partial charge is 0.403 e. The fourth-order valence-electron chi connectivity index (χ4n) is 3.36. The molecule has 1 aliphatic rings. The van der Waals surface area contributed by atoms with Crippen molar-refractivity contribution in [1.82, 2.24) is 4.98 Å². The fourth-order valence-corrected chi connectivity index (χ4v) is 3.36. The maximum absolute atomic E-state index is 14.4. The van der Waals surface area contributed by atoms with Crippen LogP contribution >= 0.6 is 0 Å². The topological polar surface area (TPSA) is 63.6 Å². The van der Waals surface area contributed by atoms with Gasteiger partial charge in [0.25, 0.3) is 0 Å². The average Bonchev–Trinajstić information content (AvgIpc) is 2.67. The molecule has 0 radical (unpaired) electrons. The first-order chi connectivity index (χ1) is 12.9. The highest BCUT2D eigenvalue weighted by molar-refractivity contribution is 6.06. The highest BCUT2D eigenvalue weighted by Crippen LogP contribution is 2.46. The van der Waals surface area contributed by atoms with Crippen LogP contribution in [-0.2, 0) is 5.41 Å². The number of nitrogens with zero attached hydrogens (tertiary/aromatic N) is 3. The van der Waals surface area contributed by atoms with E-state index in [2.05, 4.69) is 15.2 Å². The predicted molar refractivity (Wildman–Crippen MR) is 100.0 cm³/mol. The summed E-state index contributed by atoms with van der Waals surface area (Å²) in [7, 11) is 0. The van der Waals surface area contributed by atoms with Crippen molar-refractivity contribution < 1.29 is 13.2 Å². The molecule has 0 unspecified atom stereocenters. The lowest BCUT2D eigenvalue weighted by molar-refractivity contribution is -0.166. The van der Waals surface area contributed by atoms with E-state index in [9.17, 15) is 13.2 Å². The van der Waals surface area contributed by atoms with Crippen LogP contribution in [0.1, 0.15) is 17.5 Å². The number of aromatic nitrogens is 1. The zero-order valence-corrected chi connectivity index (χ0v) is 14.1. The molecular weight excluding hydrogens is 353 g/mol. The molecule has 1 aromatic heterocycles. The van der Waals surface area contributed by atoms with Crippen LogP contribution in [0.25, 0.3) is 10.9 Å². The summed E-state index contributed by atoms with van der Waals surface area (Å²) < 4.78 is 43.1. The van der Waals surface area contributed by atoms with E-state index in [1.807, 2.05) is 0 Å². The molecule has 0 saturated carbocycles. The molecule has 7 heteroatoms. The molecule has 0 spiro atoms. The Morgan fingerprint density at radius 1 is 0.963 bits per heavy atom. The zero-order chi connectivity index (χ0) is 19.1. The molecule has 2 N–H and O–H groups in total. The van der Waals surface area contributed by atoms with Crippen molar-refractivity contribution in [2.24, 2.45) is 10.2 Å². The molecule has 0 saturated heterocycles. The van der Waals surface area contributed by atoms with Crippen molar-refractivity contribution in [2.45, 2.75) is 18.0 Å². The standard InChI is InChI=1S/C20H15F3N4/c21-20(22,23)19(16-4-1-5-17-15(16)3-2-10-25-17)11-18(27-26-12-19)13-6-8-14(24)9-7-13/h1-10,12H,11,24H2/t19-/m0/s1. The molecule has 0 amide bonds. The number of hydrogen-bond acceptors (Lipinski definition) is 4. The third kappa shape index (κ3) is 2.85. The molecule has 3 aromatic rings. The maximum Gasteiger partial charge on any atom is 0.403 e. The van der Waals surface area contributed by atoms with Gasteiger partial charge in [-0.2, -0.15) is 23.4 Å². The van der Waals surface area contributed by atoms with Gasteiger partial charge in [-0.15, -0.1) is 0 Å². The summed E-state index contributed by atoms with van der Waals surface area (Å²) in [5, 5.41) is 8.17.